The molecule has 2 heterocycles. The van der Waals surface area contributed by atoms with Crippen LogP contribution >= 0.6 is 11.6 Å². The van der Waals surface area contributed by atoms with Crippen LogP contribution in [0, 0.1) is 5.95 Å². The lowest BCUT2D eigenvalue weighted by molar-refractivity contribution is 0.0538. The van der Waals surface area contributed by atoms with E-state index in [1.165, 1.54) is 16.8 Å². The van der Waals surface area contributed by atoms with E-state index in [0.29, 0.717) is 5.56 Å². The van der Waals surface area contributed by atoms with Crippen molar-refractivity contribution in [3.05, 3.63) is 53.8 Å². The van der Waals surface area contributed by atoms with E-state index in [4.69, 9.17) is 16.3 Å². The molecular formula is C18H16ClFN2O2. The quantitative estimate of drug-likeness (QED) is 0.563. The molecule has 0 bridgehead atoms. The number of nitrogens with zero attached hydrogens (tertiary/aromatic N) is 2. The summed E-state index contributed by atoms with van der Waals surface area (Å²) >= 11 is 6.08. The number of halogens is 2. The molecule has 0 amide bonds. The molecule has 1 aromatic carbocycles. The molecule has 4 nitrogen and oxygen atoms in total. The van der Waals surface area contributed by atoms with Gasteiger partial charge in [-0.15, -0.1) is 0 Å². The fraction of sp³-hybridized carbons (Fsp3) is 0.222. The van der Waals surface area contributed by atoms with E-state index >= 15 is 0 Å². The lowest BCUT2D eigenvalue weighted by Gasteiger charge is -2.19. The fourth-order valence-corrected chi connectivity index (χ4v) is 2.63. The molecule has 0 aliphatic heterocycles. The minimum absolute atomic E-state index is 0.242. The summed E-state index contributed by atoms with van der Waals surface area (Å²) in [5.74, 6) is -0.631. The lowest BCUT2D eigenvalue weighted by atomic mass is 10.0. The minimum atomic E-state index is -0.631. The largest absolute Gasteiger partial charge is 0.443 e. The number of ether oxygens (including phenoxy) is 1. The van der Waals surface area contributed by atoms with Crippen LogP contribution in [0.1, 0.15) is 20.8 Å². The highest BCUT2D eigenvalue weighted by Crippen LogP contribution is 2.31. The SMILES string of the molecule is CC(C)(C)OC(=O)n1cc2ccc(-c3c(Cl)ccnc3F)cc2c1. The molecule has 6 heteroatoms. The Morgan fingerprint density at radius 2 is 1.92 bits per heavy atom. The molecule has 0 fully saturated rings. The number of carbonyl (C=O) groups is 1. The number of pyridine rings is 1. The van der Waals surface area contributed by atoms with Gasteiger partial charge in [-0.1, -0.05) is 23.7 Å². The van der Waals surface area contributed by atoms with Gasteiger partial charge in [0.15, 0.2) is 0 Å². The van der Waals surface area contributed by atoms with Gasteiger partial charge in [-0.25, -0.2) is 9.78 Å². The molecule has 0 atom stereocenters. The van der Waals surface area contributed by atoms with Crippen molar-refractivity contribution in [2.75, 3.05) is 0 Å². The van der Waals surface area contributed by atoms with Crippen LogP contribution in [0.5, 0.6) is 0 Å². The Morgan fingerprint density at radius 1 is 1.21 bits per heavy atom. The number of aromatic nitrogens is 2. The standard InChI is InChI=1S/C18H16ClFN2O2/c1-18(2,3)24-17(23)22-9-12-5-4-11(8-13(12)10-22)15-14(19)6-7-21-16(15)20/h4-10H,1-3H3. The Hall–Kier alpha value is -2.40. The molecule has 0 saturated heterocycles. The molecule has 0 N–H and O–H groups in total. The van der Waals surface area contributed by atoms with Crippen LogP contribution in [-0.4, -0.2) is 21.2 Å². The highest BCUT2D eigenvalue weighted by molar-refractivity contribution is 6.33. The van der Waals surface area contributed by atoms with Gasteiger partial charge in [-0.05, 0) is 38.5 Å². The van der Waals surface area contributed by atoms with Crippen molar-refractivity contribution in [2.45, 2.75) is 26.4 Å². The van der Waals surface area contributed by atoms with Gasteiger partial charge < -0.3 is 4.74 Å². The number of carbonyl (C=O) groups excluding carboxylic acids is 1. The van der Waals surface area contributed by atoms with E-state index in [1.807, 2.05) is 0 Å². The Labute approximate surface area is 143 Å². The number of hydrogen-bond acceptors (Lipinski definition) is 3. The van der Waals surface area contributed by atoms with Gasteiger partial charge in [-0.2, -0.15) is 4.39 Å². The second kappa shape index (κ2) is 5.91. The van der Waals surface area contributed by atoms with Crippen LogP contribution in [-0.2, 0) is 4.74 Å². The molecule has 3 aromatic rings. The predicted octanol–water partition coefficient (Wildman–Crippen LogP) is 5.28. The minimum Gasteiger partial charge on any atom is -0.443 e. The molecular weight excluding hydrogens is 331 g/mol. The summed E-state index contributed by atoms with van der Waals surface area (Å²) in [6, 6.07) is 6.85. The van der Waals surface area contributed by atoms with E-state index in [0.717, 1.165) is 10.8 Å². The van der Waals surface area contributed by atoms with Crippen LogP contribution < -0.4 is 0 Å². The smallest absolute Gasteiger partial charge is 0.418 e. The van der Waals surface area contributed by atoms with Gasteiger partial charge in [-0.3, -0.25) is 4.57 Å². The summed E-state index contributed by atoms with van der Waals surface area (Å²) in [5.41, 5.74) is 0.261. The van der Waals surface area contributed by atoms with Crippen LogP contribution in [0.25, 0.3) is 21.9 Å². The first kappa shape index (κ1) is 16.5. The Bertz CT molecular complexity index is 908. The maximum Gasteiger partial charge on any atom is 0.418 e. The summed E-state index contributed by atoms with van der Waals surface area (Å²) in [5, 5.41) is 1.90. The van der Waals surface area contributed by atoms with Crippen molar-refractivity contribution in [2.24, 2.45) is 0 Å². The molecule has 2 aromatic heterocycles. The van der Waals surface area contributed by atoms with E-state index in [1.54, 1.807) is 51.4 Å². The molecule has 24 heavy (non-hydrogen) atoms. The first-order chi connectivity index (χ1) is 11.2. The van der Waals surface area contributed by atoms with Crippen molar-refractivity contribution >= 4 is 28.5 Å². The van der Waals surface area contributed by atoms with E-state index in [2.05, 4.69) is 4.98 Å². The average molecular weight is 347 g/mol. The summed E-state index contributed by atoms with van der Waals surface area (Å²) in [6.45, 7) is 5.41. The van der Waals surface area contributed by atoms with Crippen molar-refractivity contribution in [1.29, 1.82) is 0 Å². The van der Waals surface area contributed by atoms with Crippen LogP contribution in [0.2, 0.25) is 5.02 Å². The Morgan fingerprint density at radius 3 is 2.58 bits per heavy atom. The average Bonchev–Trinajstić information content (AvgIpc) is 2.88. The second-order valence-electron chi connectivity index (χ2n) is 6.45. The molecule has 0 radical (unpaired) electrons. The summed E-state index contributed by atoms with van der Waals surface area (Å²) in [7, 11) is 0. The Balaban J connectivity index is 2.02. The fourth-order valence-electron chi connectivity index (χ4n) is 2.39. The van der Waals surface area contributed by atoms with Gasteiger partial charge in [0.1, 0.15) is 5.60 Å². The van der Waals surface area contributed by atoms with Crippen molar-refractivity contribution < 1.29 is 13.9 Å². The zero-order chi connectivity index (χ0) is 17.5. The lowest BCUT2D eigenvalue weighted by Crippen LogP contribution is -2.26. The van der Waals surface area contributed by atoms with Gasteiger partial charge >= 0.3 is 6.09 Å². The van der Waals surface area contributed by atoms with Gasteiger partial charge in [0.2, 0.25) is 5.95 Å². The van der Waals surface area contributed by atoms with Gasteiger partial charge in [0.25, 0.3) is 0 Å². The normalized spacial score (nSPS) is 11.7. The van der Waals surface area contributed by atoms with Gasteiger partial charge in [0.05, 0.1) is 10.6 Å². The summed E-state index contributed by atoms with van der Waals surface area (Å²) in [4.78, 5) is 15.8. The first-order valence-electron chi connectivity index (χ1n) is 7.40. The number of rotatable bonds is 1. The van der Waals surface area contributed by atoms with E-state index < -0.39 is 17.6 Å². The molecule has 124 valence electrons. The molecule has 0 spiro atoms. The maximum atomic E-state index is 14.0. The first-order valence-corrected chi connectivity index (χ1v) is 7.78. The monoisotopic (exact) mass is 346 g/mol. The second-order valence-corrected chi connectivity index (χ2v) is 6.86. The van der Waals surface area contributed by atoms with Crippen LogP contribution in [0.4, 0.5) is 9.18 Å². The number of fused-ring (bicyclic) bond motifs is 1. The molecule has 0 saturated carbocycles. The van der Waals surface area contributed by atoms with Gasteiger partial charge in [0, 0.05) is 29.4 Å². The van der Waals surface area contributed by atoms with Crippen LogP contribution in [0.15, 0.2) is 42.9 Å². The highest BCUT2D eigenvalue weighted by atomic mass is 35.5. The van der Waals surface area contributed by atoms with Crippen LogP contribution in [0.3, 0.4) is 0 Å². The molecule has 0 aliphatic rings. The number of hydrogen-bond donors (Lipinski definition) is 0. The molecule has 0 aliphatic carbocycles. The molecule has 3 rings (SSSR count). The van der Waals surface area contributed by atoms with Crippen molar-refractivity contribution in [3.8, 4) is 11.1 Å². The topological polar surface area (TPSA) is 44.1 Å². The van der Waals surface area contributed by atoms with E-state index in [-0.39, 0.29) is 10.6 Å². The Kier molecular flexibility index (Phi) is 4.05. The van der Waals surface area contributed by atoms with E-state index in [9.17, 15) is 9.18 Å². The number of benzene rings is 1. The zero-order valence-corrected chi connectivity index (χ0v) is 14.3. The summed E-state index contributed by atoms with van der Waals surface area (Å²) in [6.07, 6.45) is 4.17. The predicted molar refractivity (Wildman–Crippen MR) is 91.8 cm³/mol. The maximum absolute atomic E-state index is 14.0. The zero-order valence-electron chi connectivity index (χ0n) is 13.5. The third kappa shape index (κ3) is 3.26. The van der Waals surface area contributed by atoms with Crippen molar-refractivity contribution in [3.63, 3.8) is 0 Å². The highest BCUT2D eigenvalue weighted by Gasteiger charge is 2.18. The third-order valence-corrected chi connectivity index (χ3v) is 3.70. The van der Waals surface area contributed by atoms with Crippen molar-refractivity contribution in [1.82, 2.24) is 9.55 Å². The third-order valence-electron chi connectivity index (χ3n) is 3.39. The summed E-state index contributed by atoms with van der Waals surface area (Å²) < 4.78 is 20.7. The molecule has 0 unspecified atom stereocenters.